The van der Waals surface area contributed by atoms with Crippen molar-refractivity contribution in [3.8, 4) is 5.75 Å². The fraction of sp³-hybridized carbons (Fsp3) is 0.286. The van der Waals surface area contributed by atoms with Crippen LogP contribution in [-0.2, 0) is 4.79 Å². The smallest absolute Gasteiger partial charge is 0.323 e. The van der Waals surface area contributed by atoms with Gasteiger partial charge in [-0.05, 0) is 30.0 Å². The standard InChI is InChI=1S/C14H16N2O3/c1-2-7-16(9-13(18)19)14-12-8-11(17)4-3-10(12)5-6-15-14/h3-6,8,17H,2,7,9H2,1H3,(H,18,19). The summed E-state index contributed by atoms with van der Waals surface area (Å²) in [6.07, 6.45) is 2.48. The molecule has 0 saturated carbocycles. The molecule has 5 nitrogen and oxygen atoms in total. The van der Waals surface area contributed by atoms with Crippen molar-refractivity contribution in [3.05, 3.63) is 30.5 Å². The van der Waals surface area contributed by atoms with E-state index in [1.807, 2.05) is 13.0 Å². The van der Waals surface area contributed by atoms with Gasteiger partial charge in [0.05, 0.1) is 0 Å². The van der Waals surface area contributed by atoms with Crippen molar-refractivity contribution >= 4 is 22.6 Å². The molecule has 0 fully saturated rings. The van der Waals surface area contributed by atoms with E-state index in [-0.39, 0.29) is 12.3 Å². The lowest BCUT2D eigenvalue weighted by Crippen LogP contribution is -2.31. The van der Waals surface area contributed by atoms with Crippen molar-refractivity contribution in [1.82, 2.24) is 4.98 Å². The maximum atomic E-state index is 10.9. The van der Waals surface area contributed by atoms with Gasteiger partial charge in [0.2, 0.25) is 0 Å². The number of carboxylic acids is 1. The number of aliphatic carboxylic acids is 1. The number of nitrogens with zero attached hydrogens (tertiary/aromatic N) is 2. The molecule has 0 atom stereocenters. The minimum Gasteiger partial charge on any atom is -0.508 e. The Morgan fingerprint density at radius 3 is 2.84 bits per heavy atom. The van der Waals surface area contributed by atoms with Crippen LogP contribution in [0.5, 0.6) is 5.75 Å². The van der Waals surface area contributed by atoms with Gasteiger partial charge in [0.25, 0.3) is 0 Å². The van der Waals surface area contributed by atoms with Crippen molar-refractivity contribution < 1.29 is 15.0 Å². The quantitative estimate of drug-likeness (QED) is 0.862. The Bertz CT molecular complexity index is 598. The highest BCUT2D eigenvalue weighted by Gasteiger charge is 2.14. The molecule has 0 aliphatic carbocycles. The Kier molecular flexibility index (Phi) is 3.85. The summed E-state index contributed by atoms with van der Waals surface area (Å²) in [5.74, 6) is -0.154. The number of phenols is 1. The van der Waals surface area contributed by atoms with Crippen LogP contribution in [0, 0.1) is 0 Å². The number of carbonyl (C=O) groups is 1. The van der Waals surface area contributed by atoms with Crippen LogP contribution in [0.4, 0.5) is 5.82 Å². The highest BCUT2D eigenvalue weighted by molar-refractivity contribution is 5.94. The van der Waals surface area contributed by atoms with Crippen LogP contribution in [0.2, 0.25) is 0 Å². The third-order valence-electron chi connectivity index (χ3n) is 2.85. The molecule has 0 spiro atoms. The minimum atomic E-state index is -0.896. The van der Waals surface area contributed by atoms with Gasteiger partial charge in [-0.15, -0.1) is 0 Å². The van der Waals surface area contributed by atoms with Crippen LogP contribution < -0.4 is 4.90 Å². The van der Waals surface area contributed by atoms with Crippen LogP contribution in [-0.4, -0.2) is 34.3 Å². The van der Waals surface area contributed by atoms with Gasteiger partial charge in [-0.2, -0.15) is 0 Å². The van der Waals surface area contributed by atoms with Crippen LogP contribution in [0.15, 0.2) is 30.5 Å². The number of rotatable bonds is 5. The lowest BCUT2D eigenvalue weighted by molar-refractivity contribution is -0.135. The van der Waals surface area contributed by atoms with E-state index < -0.39 is 5.97 Å². The average molecular weight is 260 g/mol. The van der Waals surface area contributed by atoms with Crippen molar-refractivity contribution in [2.45, 2.75) is 13.3 Å². The van der Waals surface area contributed by atoms with E-state index in [1.165, 1.54) is 0 Å². The number of pyridine rings is 1. The Morgan fingerprint density at radius 2 is 2.16 bits per heavy atom. The first-order valence-electron chi connectivity index (χ1n) is 6.16. The first kappa shape index (κ1) is 13.1. The van der Waals surface area contributed by atoms with Gasteiger partial charge >= 0.3 is 5.97 Å². The van der Waals surface area contributed by atoms with Crippen molar-refractivity contribution in [2.24, 2.45) is 0 Å². The monoisotopic (exact) mass is 260 g/mol. The number of hydrogen-bond donors (Lipinski definition) is 2. The summed E-state index contributed by atoms with van der Waals surface area (Å²) in [7, 11) is 0. The Balaban J connectivity index is 2.51. The molecule has 0 amide bonds. The average Bonchev–Trinajstić information content (AvgIpc) is 2.37. The molecule has 1 heterocycles. The van der Waals surface area contributed by atoms with Crippen LogP contribution in [0.25, 0.3) is 10.8 Å². The largest absolute Gasteiger partial charge is 0.508 e. The summed E-state index contributed by atoms with van der Waals surface area (Å²) in [5.41, 5.74) is 0. The van der Waals surface area contributed by atoms with Gasteiger partial charge < -0.3 is 15.1 Å². The van der Waals surface area contributed by atoms with E-state index in [4.69, 9.17) is 5.11 Å². The molecule has 2 N–H and O–H groups in total. The maximum absolute atomic E-state index is 10.9. The lowest BCUT2D eigenvalue weighted by Gasteiger charge is -2.22. The molecule has 19 heavy (non-hydrogen) atoms. The fourth-order valence-corrected chi connectivity index (χ4v) is 2.09. The first-order chi connectivity index (χ1) is 9.11. The summed E-state index contributed by atoms with van der Waals surface area (Å²) in [4.78, 5) is 16.9. The number of hydrogen-bond acceptors (Lipinski definition) is 4. The molecule has 1 aromatic carbocycles. The van der Waals surface area contributed by atoms with E-state index >= 15 is 0 Å². The van der Waals surface area contributed by atoms with E-state index in [0.29, 0.717) is 12.4 Å². The van der Waals surface area contributed by atoms with Crippen LogP contribution in [0.3, 0.4) is 0 Å². The fourth-order valence-electron chi connectivity index (χ4n) is 2.09. The Labute approximate surface area is 111 Å². The van der Waals surface area contributed by atoms with Crippen molar-refractivity contribution in [3.63, 3.8) is 0 Å². The predicted octanol–water partition coefficient (Wildman–Crippen LogP) is 2.24. The number of fused-ring (bicyclic) bond motifs is 1. The second-order valence-corrected chi connectivity index (χ2v) is 4.36. The Hall–Kier alpha value is -2.30. The normalized spacial score (nSPS) is 10.6. The van der Waals surface area contributed by atoms with E-state index in [9.17, 15) is 9.90 Å². The predicted molar refractivity (Wildman–Crippen MR) is 73.5 cm³/mol. The molecular weight excluding hydrogens is 244 g/mol. The van der Waals surface area contributed by atoms with Crippen molar-refractivity contribution in [1.29, 1.82) is 0 Å². The zero-order chi connectivity index (χ0) is 13.8. The molecule has 0 unspecified atom stereocenters. The molecule has 2 aromatic rings. The van der Waals surface area contributed by atoms with E-state index in [0.717, 1.165) is 17.2 Å². The summed E-state index contributed by atoms with van der Waals surface area (Å²) < 4.78 is 0. The summed E-state index contributed by atoms with van der Waals surface area (Å²) >= 11 is 0. The molecule has 5 heteroatoms. The molecule has 0 radical (unpaired) electrons. The first-order valence-corrected chi connectivity index (χ1v) is 6.16. The van der Waals surface area contributed by atoms with Gasteiger partial charge in [0.15, 0.2) is 0 Å². The molecule has 1 aromatic heterocycles. The second kappa shape index (κ2) is 5.56. The number of phenolic OH excluding ortho intramolecular Hbond substituents is 1. The van der Waals surface area contributed by atoms with E-state index in [2.05, 4.69) is 4.98 Å². The number of benzene rings is 1. The maximum Gasteiger partial charge on any atom is 0.323 e. The lowest BCUT2D eigenvalue weighted by atomic mass is 10.1. The van der Waals surface area contributed by atoms with E-state index in [1.54, 1.807) is 29.3 Å². The molecule has 2 rings (SSSR count). The van der Waals surface area contributed by atoms with Gasteiger partial charge in [-0.3, -0.25) is 4.79 Å². The number of carboxylic acid groups (broad SMARTS) is 1. The van der Waals surface area contributed by atoms with Crippen molar-refractivity contribution in [2.75, 3.05) is 18.0 Å². The minimum absolute atomic E-state index is 0.102. The third-order valence-corrected chi connectivity index (χ3v) is 2.85. The summed E-state index contributed by atoms with van der Waals surface area (Å²) in [5, 5.41) is 20.3. The summed E-state index contributed by atoms with van der Waals surface area (Å²) in [6.45, 7) is 2.49. The molecule has 100 valence electrons. The topological polar surface area (TPSA) is 73.7 Å². The zero-order valence-corrected chi connectivity index (χ0v) is 10.7. The van der Waals surface area contributed by atoms with Crippen LogP contribution >= 0.6 is 0 Å². The molecule has 0 bridgehead atoms. The molecule has 0 aliphatic rings. The highest BCUT2D eigenvalue weighted by atomic mass is 16.4. The zero-order valence-electron chi connectivity index (χ0n) is 10.7. The number of aromatic hydroxyl groups is 1. The SMILES string of the molecule is CCCN(CC(=O)O)c1nccc2ccc(O)cc12. The second-order valence-electron chi connectivity index (χ2n) is 4.36. The van der Waals surface area contributed by atoms with Crippen LogP contribution in [0.1, 0.15) is 13.3 Å². The number of aromatic nitrogens is 1. The summed E-state index contributed by atoms with van der Waals surface area (Å²) in [6, 6.07) is 6.85. The molecule has 0 saturated heterocycles. The van der Waals surface area contributed by atoms with Gasteiger partial charge in [0, 0.05) is 18.1 Å². The number of anilines is 1. The molecule has 0 aliphatic heterocycles. The highest BCUT2D eigenvalue weighted by Crippen LogP contribution is 2.27. The van der Waals surface area contributed by atoms with Gasteiger partial charge in [-0.25, -0.2) is 4.98 Å². The van der Waals surface area contributed by atoms with Gasteiger partial charge in [0.1, 0.15) is 18.1 Å². The van der Waals surface area contributed by atoms with Gasteiger partial charge in [-0.1, -0.05) is 13.0 Å². The molecular formula is C14H16N2O3. The third kappa shape index (κ3) is 2.93. The Morgan fingerprint density at radius 1 is 1.37 bits per heavy atom.